The molecule has 2 atom stereocenters. The van der Waals surface area contributed by atoms with Gasteiger partial charge in [-0.15, -0.1) is 0 Å². The van der Waals surface area contributed by atoms with Crippen LogP contribution in [0.1, 0.15) is 105 Å². The maximum absolute atomic E-state index is 12.0. The highest BCUT2D eigenvalue weighted by molar-refractivity contribution is 6.26. The zero-order valence-corrected chi connectivity index (χ0v) is 19.2. The van der Waals surface area contributed by atoms with E-state index >= 15 is 0 Å². The molecule has 0 saturated carbocycles. The molecule has 0 aliphatic carbocycles. The Hall–Kier alpha value is -0.540. The molecule has 1 amide bonds. The van der Waals surface area contributed by atoms with Crippen molar-refractivity contribution in [3.05, 3.63) is 11.6 Å². The van der Waals surface area contributed by atoms with Gasteiger partial charge in [0.25, 0.3) is 0 Å². The molecule has 27 heavy (non-hydrogen) atoms. The van der Waals surface area contributed by atoms with Crippen molar-refractivity contribution in [3.63, 3.8) is 0 Å². The molecule has 4 heteroatoms. The number of amides is 1. The fraction of sp³-hybridized carbons (Fsp3) is 0.870. The molecule has 2 unspecified atom stereocenters. The molecule has 0 fully saturated rings. The van der Waals surface area contributed by atoms with Crippen molar-refractivity contribution in [2.45, 2.75) is 117 Å². The lowest BCUT2D eigenvalue weighted by molar-refractivity contribution is -0.117. The largest absolute Gasteiger partial charge is 0.350 e. The summed E-state index contributed by atoms with van der Waals surface area (Å²) in [4.78, 5) is 14.5. The Kier molecular flexibility index (Phi) is 18.4. The van der Waals surface area contributed by atoms with Crippen molar-refractivity contribution in [2.24, 2.45) is 0 Å². The first-order chi connectivity index (χ1) is 13.1. The van der Waals surface area contributed by atoms with Crippen molar-refractivity contribution in [1.82, 2.24) is 10.2 Å². The molecule has 0 bridgehead atoms. The smallest absolute Gasteiger partial charge is 0.245 e. The molecule has 160 valence electrons. The van der Waals surface area contributed by atoms with E-state index in [4.69, 9.17) is 11.6 Å². The van der Waals surface area contributed by atoms with Crippen LogP contribution in [0.4, 0.5) is 0 Å². The highest BCUT2D eigenvalue weighted by Gasteiger charge is 2.17. The van der Waals surface area contributed by atoms with Crippen molar-refractivity contribution in [3.8, 4) is 0 Å². The van der Waals surface area contributed by atoms with Crippen LogP contribution in [0.2, 0.25) is 0 Å². The van der Waals surface area contributed by atoms with Crippen LogP contribution < -0.4 is 5.32 Å². The second kappa shape index (κ2) is 18.8. The van der Waals surface area contributed by atoms with Gasteiger partial charge in [0.05, 0.1) is 0 Å². The SMILES string of the molecule is CCCCCCCCCCC(CCC(CC)N(CC)CC)NC(=O)C=CCl. The average molecular weight is 401 g/mol. The van der Waals surface area contributed by atoms with E-state index < -0.39 is 0 Å². The Balaban J connectivity index is 4.33. The van der Waals surface area contributed by atoms with E-state index in [1.807, 2.05) is 0 Å². The molecule has 1 N–H and O–H groups in total. The molecule has 0 aliphatic rings. The van der Waals surface area contributed by atoms with Gasteiger partial charge in [0, 0.05) is 23.7 Å². The van der Waals surface area contributed by atoms with Crippen molar-refractivity contribution >= 4 is 17.5 Å². The van der Waals surface area contributed by atoms with Crippen LogP contribution in [-0.4, -0.2) is 36.0 Å². The van der Waals surface area contributed by atoms with Crippen molar-refractivity contribution < 1.29 is 4.79 Å². The van der Waals surface area contributed by atoms with Gasteiger partial charge in [-0.05, 0) is 38.8 Å². The summed E-state index contributed by atoms with van der Waals surface area (Å²) in [6, 6.07) is 0.872. The fourth-order valence-electron chi connectivity index (χ4n) is 3.90. The number of carbonyl (C=O) groups is 1. The lowest BCUT2D eigenvalue weighted by Crippen LogP contribution is -2.38. The first-order valence-corrected chi connectivity index (χ1v) is 11.9. The molecule has 0 heterocycles. The van der Waals surface area contributed by atoms with E-state index in [1.54, 1.807) is 0 Å². The predicted molar refractivity (Wildman–Crippen MR) is 120 cm³/mol. The van der Waals surface area contributed by atoms with E-state index in [9.17, 15) is 4.79 Å². The van der Waals surface area contributed by atoms with Crippen molar-refractivity contribution in [1.29, 1.82) is 0 Å². The van der Waals surface area contributed by atoms with Gasteiger partial charge in [-0.3, -0.25) is 4.79 Å². The van der Waals surface area contributed by atoms with Gasteiger partial charge < -0.3 is 10.2 Å². The fourth-order valence-corrected chi connectivity index (χ4v) is 4.01. The number of hydrogen-bond donors (Lipinski definition) is 1. The molecule has 0 aliphatic heterocycles. The molecule has 0 rings (SSSR count). The van der Waals surface area contributed by atoms with Gasteiger partial charge in [0.2, 0.25) is 5.91 Å². The molecule has 0 saturated heterocycles. The van der Waals surface area contributed by atoms with Gasteiger partial charge >= 0.3 is 0 Å². The van der Waals surface area contributed by atoms with Crippen LogP contribution >= 0.6 is 11.6 Å². The maximum Gasteiger partial charge on any atom is 0.245 e. The molecular formula is C23H45ClN2O. The summed E-state index contributed by atoms with van der Waals surface area (Å²) < 4.78 is 0. The highest BCUT2D eigenvalue weighted by Crippen LogP contribution is 2.17. The Morgan fingerprint density at radius 1 is 0.889 bits per heavy atom. The zero-order valence-electron chi connectivity index (χ0n) is 18.4. The van der Waals surface area contributed by atoms with Crippen LogP contribution in [-0.2, 0) is 4.79 Å². The Morgan fingerprint density at radius 3 is 2.00 bits per heavy atom. The van der Waals surface area contributed by atoms with Crippen LogP contribution in [0.5, 0.6) is 0 Å². The van der Waals surface area contributed by atoms with Gasteiger partial charge in [0.15, 0.2) is 0 Å². The molecule has 0 radical (unpaired) electrons. The number of nitrogens with one attached hydrogen (secondary N) is 1. The van der Waals surface area contributed by atoms with E-state index in [-0.39, 0.29) is 11.9 Å². The van der Waals surface area contributed by atoms with Crippen LogP contribution in [0.15, 0.2) is 11.6 Å². The summed E-state index contributed by atoms with van der Waals surface area (Å²) >= 11 is 5.56. The topological polar surface area (TPSA) is 32.3 Å². The minimum atomic E-state index is -0.0644. The summed E-state index contributed by atoms with van der Waals surface area (Å²) in [6.07, 6.45) is 16.4. The highest BCUT2D eigenvalue weighted by atomic mass is 35.5. The summed E-state index contributed by atoms with van der Waals surface area (Å²) in [5, 5.41) is 3.16. The first-order valence-electron chi connectivity index (χ1n) is 11.4. The van der Waals surface area contributed by atoms with Crippen LogP contribution in [0.3, 0.4) is 0 Å². The second-order valence-electron chi connectivity index (χ2n) is 7.62. The van der Waals surface area contributed by atoms with E-state index in [0.717, 1.165) is 32.4 Å². The van der Waals surface area contributed by atoms with E-state index in [0.29, 0.717) is 6.04 Å². The summed E-state index contributed by atoms with van der Waals surface area (Å²) in [5.74, 6) is -0.0644. The van der Waals surface area contributed by atoms with Crippen molar-refractivity contribution in [2.75, 3.05) is 13.1 Å². The van der Waals surface area contributed by atoms with Gasteiger partial charge in [-0.25, -0.2) is 0 Å². The normalized spacial score (nSPS) is 14.0. The van der Waals surface area contributed by atoms with E-state index in [2.05, 4.69) is 37.9 Å². The third kappa shape index (κ3) is 14.2. The molecule has 0 spiro atoms. The Labute approximate surface area is 174 Å². The molecule has 3 nitrogen and oxygen atoms in total. The molecule has 0 aromatic heterocycles. The average Bonchev–Trinajstić information content (AvgIpc) is 2.66. The quantitative estimate of drug-likeness (QED) is 0.206. The lowest BCUT2D eigenvalue weighted by atomic mass is 9.98. The van der Waals surface area contributed by atoms with Crippen LogP contribution in [0, 0.1) is 0 Å². The summed E-state index contributed by atoms with van der Waals surface area (Å²) in [7, 11) is 0. The minimum Gasteiger partial charge on any atom is -0.350 e. The number of rotatable bonds is 18. The van der Waals surface area contributed by atoms with E-state index in [1.165, 1.54) is 69.4 Å². The first kappa shape index (κ1) is 26.5. The second-order valence-corrected chi connectivity index (χ2v) is 7.87. The third-order valence-electron chi connectivity index (χ3n) is 5.62. The summed E-state index contributed by atoms with van der Waals surface area (Å²) in [6.45, 7) is 11.2. The molecule has 0 aromatic carbocycles. The lowest BCUT2D eigenvalue weighted by Gasteiger charge is -2.30. The number of hydrogen-bond acceptors (Lipinski definition) is 2. The third-order valence-corrected chi connectivity index (χ3v) is 5.74. The van der Waals surface area contributed by atoms with Gasteiger partial charge in [-0.1, -0.05) is 90.7 Å². The number of halogens is 1. The number of unbranched alkanes of at least 4 members (excludes halogenated alkanes) is 7. The molecular weight excluding hydrogens is 356 g/mol. The Morgan fingerprint density at radius 2 is 1.48 bits per heavy atom. The minimum absolute atomic E-state index is 0.0644. The number of carbonyl (C=O) groups excluding carboxylic acids is 1. The monoisotopic (exact) mass is 400 g/mol. The number of nitrogens with zero attached hydrogens (tertiary/aromatic N) is 1. The van der Waals surface area contributed by atoms with Gasteiger partial charge in [0.1, 0.15) is 0 Å². The Bertz CT molecular complexity index is 369. The predicted octanol–water partition coefficient (Wildman–Crippen LogP) is 6.66. The standard InChI is InChI=1S/C23H45ClN2O/c1-5-9-10-11-12-13-14-15-16-21(25-23(27)19-20-24)17-18-22(6-2)26(7-3)8-4/h19-22H,5-18H2,1-4H3,(H,25,27). The maximum atomic E-state index is 12.0. The van der Waals surface area contributed by atoms with Gasteiger partial charge in [-0.2, -0.15) is 0 Å². The van der Waals surface area contributed by atoms with Crippen LogP contribution in [0.25, 0.3) is 0 Å². The summed E-state index contributed by atoms with van der Waals surface area (Å²) in [5.41, 5.74) is 1.30. The zero-order chi connectivity index (χ0) is 20.3. The molecule has 0 aromatic rings.